The van der Waals surface area contributed by atoms with E-state index < -0.39 is 11.5 Å². The Morgan fingerprint density at radius 3 is 2.28 bits per heavy atom. The lowest BCUT2D eigenvalue weighted by Crippen LogP contribution is -2.47. The molecule has 3 rings (SSSR count). The van der Waals surface area contributed by atoms with Crippen LogP contribution in [0.3, 0.4) is 0 Å². The number of rotatable bonds is 9. The highest BCUT2D eigenvalue weighted by Gasteiger charge is 2.30. The first kappa shape index (κ1) is 26.8. The van der Waals surface area contributed by atoms with Gasteiger partial charge in [0.25, 0.3) is 0 Å². The lowest BCUT2D eigenvalue weighted by Gasteiger charge is -2.28. The molecule has 0 fully saturated rings. The van der Waals surface area contributed by atoms with Crippen molar-refractivity contribution in [3.8, 4) is 0 Å². The van der Waals surface area contributed by atoms with Gasteiger partial charge in [-0.25, -0.2) is 9.59 Å². The van der Waals surface area contributed by atoms with Crippen LogP contribution in [-0.4, -0.2) is 28.4 Å². The van der Waals surface area contributed by atoms with Crippen molar-refractivity contribution < 1.29 is 19.5 Å². The van der Waals surface area contributed by atoms with Crippen molar-refractivity contribution >= 4 is 46.1 Å². The third-order valence-corrected chi connectivity index (χ3v) is 7.13. The molecule has 0 saturated carbocycles. The molecule has 36 heavy (non-hydrogen) atoms. The predicted octanol–water partition coefficient (Wildman–Crippen LogP) is 6.50. The molecule has 4 N–H and O–H groups in total. The van der Waals surface area contributed by atoms with Gasteiger partial charge >= 0.3 is 12.0 Å². The fraction of sp³-hybridized carbons (Fsp3) is 0.250. The maximum Gasteiger partial charge on any atom is 0.328 e. The number of carboxylic acids is 1. The summed E-state index contributed by atoms with van der Waals surface area (Å²) in [5, 5.41) is 18.0. The summed E-state index contributed by atoms with van der Waals surface area (Å²) in [6, 6.07) is 17.7. The average Bonchev–Trinajstić information content (AvgIpc) is 3.31. The summed E-state index contributed by atoms with van der Waals surface area (Å²) in [4.78, 5) is 38.4. The number of aliphatic carboxylic acids is 1. The number of allylic oxidation sites excluding steroid dienone is 1. The number of thiophene rings is 1. The molecule has 1 atom stereocenters. The van der Waals surface area contributed by atoms with E-state index in [1.807, 2.05) is 64.1 Å². The van der Waals surface area contributed by atoms with Gasteiger partial charge in [-0.3, -0.25) is 10.1 Å². The van der Waals surface area contributed by atoms with Crippen LogP contribution in [0.4, 0.5) is 16.2 Å². The monoisotopic (exact) mass is 505 g/mol. The molecule has 0 bridgehead atoms. The van der Waals surface area contributed by atoms with Crippen LogP contribution in [0, 0.1) is 6.92 Å². The second-order valence-corrected chi connectivity index (χ2v) is 10.3. The maximum atomic E-state index is 13.2. The number of ketones is 1. The first-order valence-corrected chi connectivity index (χ1v) is 12.4. The number of hydrogen-bond donors (Lipinski definition) is 4. The van der Waals surface area contributed by atoms with Crippen molar-refractivity contribution in [2.45, 2.75) is 46.2 Å². The van der Waals surface area contributed by atoms with E-state index in [9.17, 15) is 14.4 Å². The van der Waals surface area contributed by atoms with E-state index >= 15 is 0 Å². The fourth-order valence-electron chi connectivity index (χ4n) is 3.80. The maximum absolute atomic E-state index is 13.2. The second kappa shape index (κ2) is 11.3. The van der Waals surface area contributed by atoms with E-state index in [0.717, 1.165) is 21.0 Å². The molecule has 2 aromatic carbocycles. The second-order valence-electron chi connectivity index (χ2n) is 9.16. The largest absolute Gasteiger partial charge is 0.478 e. The zero-order valence-corrected chi connectivity index (χ0v) is 21.8. The lowest BCUT2D eigenvalue weighted by molar-refractivity contribution is -0.131. The summed E-state index contributed by atoms with van der Waals surface area (Å²) in [7, 11) is 0. The molecule has 188 valence electrons. The zero-order valence-electron chi connectivity index (χ0n) is 21.0. The Balaban J connectivity index is 1.62. The number of urea groups is 1. The van der Waals surface area contributed by atoms with Gasteiger partial charge < -0.3 is 15.7 Å². The van der Waals surface area contributed by atoms with Crippen molar-refractivity contribution in [1.82, 2.24) is 5.32 Å². The predicted molar refractivity (Wildman–Crippen MR) is 146 cm³/mol. The molecule has 7 nitrogen and oxygen atoms in total. The van der Waals surface area contributed by atoms with Gasteiger partial charge in [0.2, 0.25) is 0 Å². The van der Waals surface area contributed by atoms with Gasteiger partial charge in [-0.2, -0.15) is 0 Å². The molecule has 0 spiro atoms. The summed E-state index contributed by atoms with van der Waals surface area (Å²) < 4.78 is 0. The minimum Gasteiger partial charge on any atom is -0.478 e. The van der Waals surface area contributed by atoms with Gasteiger partial charge in [0.15, 0.2) is 5.78 Å². The van der Waals surface area contributed by atoms with Crippen molar-refractivity contribution in [2.24, 2.45) is 0 Å². The number of anilines is 2. The number of carbonyl (C=O) groups excluding carboxylic acids is 2. The normalized spacial score (nSPS) is 12.6. The lowest BCUT2D eigenvalue weighted by atomic mass is 9.92. The number of para-hydroxylation sites is 1. The van der Waals surface area contributed by atoms with E-state index in [1.54, 1.807) is 31.2 Å². The van der Waals surface area contributed by atoms with Crippen LogP contribution >= 0.6 is 11.3 Å². The first-order valence-electron chi connectivity index (χ1n) is 11.5. The van der Waals surface area contributed by atoms with Crippen LogP contribution in [-0.2, 0) is 4.79 Å². The number of nitrogens with one attached hydrogen (secondary N) is 3. The average molecular weight is 506 g/mol. The summed E-state index contributed by atoms with van der Waals surface area (Å²) in [6.07, 6.45) is 1.19. The van der Waals surface area contributed by atoms with Gasteiger partial charge in [-0.15, -0.1) is 11.3 Å². The van der Waals surface area contributed by atoms with E-state index in [2.05, 4.69) is 16.0 Å². The standard InChI is InChI=1S/C28H31N3O4S/c1-17-8-6-7-9-22(17)30-27(35)29-21-12-10-20(11-13-21)26(34)28(4,5)31-19(3)24-15-14-23(36-24)18(2)16-25(32)33/h6-16,19,31H,1-5H3,(H,32,33)(H2,29,30,35). The SMILES string of the molecule is CC(=CC(=O)O)c1ccc(C(C)NC(C)(C)C(=O)c2ccc(NC(=O)Nc3ccccc3C)cc2)s1. The molecule has 1 aromatic heterocycles. The van der Waals surface area contributed by atoms with Crippen LogP contribution in [0.5, 0.6) is 0 Å². The number of aryl methyl sites for hydroxylation is 1. The molecule has 8 heteroatoms. The Kier molecular flexibility index (Phi) is 8.45. The van der Waals surface area contributed by atoms with Gasteiger partial charge in [0.05, 0.1) is 5.54 Å². The van der Waals surface area contributed by atoms with Gasteiger partial charge in [0, 0.05) is 38.8 Å². The highest BCUT2D eigenvalue weighted by molar-refractivity contribution is 7.13. The number of carbonyl (C=O) groups is 3. The van der Waals surface area contributed by atoms with Crippen molar-refractivity contribution in [2.75, 3.05) is 10.6 Å². The molecule has 0 aliphatic carbocycles. The molecule has 2 amide bonds. The topological polar surface area (TPSA) is 108 Å². The molecule has 0 aliphatic heterocycles. The molecule has 1 unspecified atom stereocenters. The molecular formula is C28H31N3O4S. The third-order valence-electron chi connectivity index (χ3n) is 5.73. The van der Waals surface area contributed by atoms with E-state index in [0.29, 0.717) is 16.8 Å². The highest BCUT2D eigenvalue weighted by atomic mass is 32.1. The van der Waals surface area contributed by atoms with Gasteiger partial charge in [0.1, 0.15) is 0 Å². The molecular weight excluding hydrogens is 474 g/mol. The van der Waals surface area contributed by atoms with Crippen LogP contribution in [0.1, 0.15) is 59.4 Å². The van der Waals surface area contributed by atoms with Crippen molar-refractivity contribution in [1.29, 1.82) is 0 Å². The van der Waals surface area contributed by atoms with Gasteiger partial charge in [-0.05, 0) is 88.2 Å². The smallest absolute Gasteiger partial charge is 0.328 e. The Bertz CT molecular complexity index is 1290. The van der Waals surface area contributed by atoms with Crippen LogP contribution in [0.15, 0.2) is 66.7 Å². The number of carboxylic acid groups (broad SMARTS) is 1. The quantitative estimate of drug-likeness (QED) is 0.196. The Morgan fingerprint density at radius 2 is 1.64 bits per heavy atom. The highest BCUT2D eigenvalue weighted by Crippen LogP contribution is 2.30. The molecule has 0 aliphatic rings. The molecule has 3 aromatic rings. The minimum atomic E-state index is -0.978. The van der Waals surface area contributed by atoms with Crippen LogP contribution in [0.2, 0.25) is 0 Å². The summed E-state index contributed by atoms with van der Waals surface area (Å²) >= 11 is 1.50. The minimum absolute atomic E-state index is 0.0796. The van der Waals surface area contributed by atoms with E-state index in [-0.39, 0.29) is 17.9 Å². The molecule has 0 radical (unpaired) electrons. The first-order chi connectivity index (χ1) is 17.0. The number of amides is 2. The molecule has 0 saturated heterocycles. The van der Waals surface area contributed by atoms with E-state index in [1.165, 1.54) is 17.4 Å². The van der Waals surface area contributed by atoms with Crippen molar-refractivity contribution in [3.63, 3.8) is 0 Å². The Morgan fingerprint density at radius 1 is 0.972 bits per heavy atom. The van der Waals surface area contributed by atoms with Crippen LogP contribution < -0.4 is 16.0 Å². The van der Waals surface area contributed by atoms with Crippen molar-refractivity contribution in [3.05, 3.63) is 87.6 Å². The van der Waals surface area contributed by atoms with Crippen LogP contribution in [0.25, 0.3) is 5.57 Å². The Hall–Kier alpha value is -3.75. The number of hydrogen-bond acceptors (Lipinski definition) is 5. The van der Waals surface area contributed by atoms with E-state index in [4.69, 9.17) is 5.11 Å². The summed E-state index contributed by atoms with van der Waals surface area (Å²) in [5.41, 5.74) is 2.62. The summed E-state index contributed by atoms with van der Waals surface area (Å²) in [5.74, 6) is -1.06. The Labute approximate surface area is 215 Å². The number of benzene rings is 2. The van der Waals surface area contributed by atoms with Gasteiger partial charge in [-0.1, -0.05) is 18.2 Å². The number of Topliss-reactive ketones (excluding diaryl/α,β-unsaturated/α-hetero) is 1. The molecule has 1 heterocycles. The summed E-state index contributed by atoms with van der Waals surface area (Å²) in [6.45, 7) is 9.32. The fourth-order valence-corrected chi connectivity index (χ4v) is 4.78. The zero-order chi connectivity index (χ0) is 26.5. The third kappa shape index (κ3) is 6.90.